The third-order valence-electron chi connectivity index (χ3n) is 5.87. The second-order valence-electron chi connectivity index (χ2n) is 8.12. The van der Waals surface area contributed by atoms with Gasteiger partial charge in [-0.05, 0) is 59.2 Å². The molecule has 0 bridgehead atoms. The maximum atomic E-state index is 13.6. The van der Waals surface area contributed by atoms with Gasteiger partial charge in [0.05, 0.1) is 18.6 Å². The molecule has 1 aliphatic heterocycles. The molecule has 10 nitrogen and oxygen atoms in total. The molecule has 0 unspecified atom stereocenters. The highest BCUT2D eigenvalue weighted by molar-refractivity contribution is 7.89. The molecule has 0 saturated carbocycles. The van der Waals surface area contributed by atoms with Crippen molar-refractivity contribution < 1.29 is 22.7 Å². The quantitative estimate of drug-likeness (QED) is 0.499. The van der Waals surface area contributed by atoms with Gasteiger partial charge in [-0.15, -0.1) is 0 Å². The van der Waals surface area contributed by atoms with Gasteiger partial charge in [-0.25, -0.2) is 13.4 Å². The molecule has 4 rings (SSSR count). The van der Waals surface area contributed by atoms with Crippen molar-refractivity contribution in [2.45, 2.75) is 23.9 Å². The lowest BCUT2D eigenvalue weighted by atomic mass is 10.1. The highest BCUT2D eigenvalue weighted by Gasteiger charge is 2.42. The van der Waals surface area contributed by atoms with Crippen LogP contribution in [-0.4, -0.2) is 60.7 Å². The number of hydrogen-bond acceptors (Lipinski definition) is 7. The van der Waals surface area contributed by atoms with E-state index in [-0.39, 0.29) is 30.1 Å². The van der Waals surface area contributed by atoms with E-state index in [0.717, 1.165) is 9.69 Å². The number of fused-ring (bicyclic) bond motifs is 1. The molecular formula is C24H23N5O5S. The van der Waals surface area contributed by atoms with Crippen molar-refractivity contribution in [1.29, 1.82) is 5.26 Å². The number of rotatable bonds is 8. The monoisotopic (exact) mass is 493 g/mol. The second-order valence-corrected chi connectivity index (χ2v) is 10.0. The van der Waals surface area contributed by atoms with Crippen LogP contribution in [0.1, 0.15) is 17.7 Å². The minimum atomic E-state index is -4.24. The molecule has 1 aromatic heterocycles. The Morgan fingerprint density at radius 2 is 2.00 bits per heavy atom. The number of sulfonamides is 1. The maximum Gasteiger partial charge on any atom is 0.244 e. The van der Waals surface area contributed by atoms with Crippen LogP contribution in [0.5, 0.6) is 5.75 Å². The van der Waals surface area contributed by atoms with Crippen molar-refractivity contribution in [3.05, 3.63) is 66.0 Å². The van der Waals surface area contributed by atoms with Crippen LogP contribution in [0.2, 0.25) is 0 Å². The third-order valence-corrected chi connectivity index (χ3v) is 7.72. The van der Waals surface area contributed by atoms with Gasteiger partial charge in [0.15, 0.2) is 0 Å². The zero-order valence-electron chi connectivity index (χ0n) is 18.9. The fraction of sp³-hybridized carbons (Fsp3) is 0.250. The molecule has 0 spiro atoms. The van der Waals surface area contributed by atoms with Crippen molar-refractivity contribution in [3.63, 3.8) is 0 Å². The van der Waals surface area contributed by atoms with Crippen LogP contribution in [0.25, 0.3) is 10.8 Å². The van der Waals surface area contributed by atoms with Crippen molar-refractivity contribution in [3.8, 4) is 11.8 Å². The highest BCUT2D eigenvalue weighted by atomic mass is 32.2. The van der Waals surface area contributed by atoms with Crippen LogP contribution < -0.4 is 10.5 Å². The topological polar surface area (TPSA) is 147 Å². The predicted molar refractivity (Wildman–Crippen MR) is 126 cm³/mol. The number of carbonyl (C=O) groups excluding carboxylic acids is 2. The summed E-state index contributed by atoms with van der Waals surface area (Å²) >= 11 is 0. The predicted octanol–water partition coefficient (Wildman–Crippen LogP) is 1.39. The van der Waals surface area contributed by atoms with Crippen LogP contribution in [0.15, 0.2) is 59.6 Å². The smallest absolute Gasteiger partial charge is 0.244 e. The summed E-state index contributed by atoms with van der Waals surface area (Å²) in [5.74, 6) is -0.735. The Bertz CT molecular complexity index is 1450. The first-order chi connectivity index (χ1) is 16.7. The fourth-order valence-corrected chi connectivity index (χ4v) is 5.76. The van der Waals surface area contributed by atoms with Gasteiger partial charge in [0, 0.05) is 19.3 Å². The number of ether oxygens (including phenoxy) is 1. The van der Waals surface area contributed by atoms with Gasteiger partial charge in [0.25, 0.3) is 0 Å². The summed E-state index contributed by atoms with van der Waals surface area (Å²) in [6, 6.07) is 14.0. The molecule has 0 aliphatic carbocycles. The molecule has 3 aromatic rings. The number of nitriles is 1. The lowest BCUT2D eigenvalue weighted by Crippen LogP contribution is -2.48. The first-order valence-corrected chi connectivity index (χ1v) is 12.2. The van der Waals surface area contributed by atoms with E-state index in [1.54, 1.807) is 36.4 Å². The van der Waals surface area contributed by atoms with Gasteiger partial charge in [0.1, 0.15) is 23.6 Å². The average molecular weight is 494 g/mol. The standard InChI is InChI=1S/C24H23N5O5S/c1-34-20-4-2-17-3-5-21(12-18(17)11-20)35(32,33)29(15-23(26)30)22-7-9-28(24(22)31)14-16-6-8-27-19(10-16)13-25/h2-6,8,10-12,22H,7,9,14-15H2,1H3,(H2,26,30)/t22-/m0/s1. The number of benzene rings is 2. The minimum Gasteiger partial charge on any atom is -0.497 e. The van der Waals surface area contributed by atoms with Crippen molar-refractivity contribution in [2.24, 2.45) is 5.73 Å². The molecule has 0 radical (unpaired) electrons. The van der Waals surface area contributed by atoms with Crippen LogP contribution in [0.3, 0.4) is 0 Å². The molecular weight excluding hydrogens is 470 g/mol. The Hall–Kier alpha value is -4.01. The molecule has 11 heteroatoms. The Labute approximate surface area is 202 Å². The SMILES string of the molecule is COc1ccc2ccc(S(=O)(=O)N(CC(N)=O)[C@H]3CCN(Cc4ccnc(C#N)c4)C3=O)cc2c1. The summed E-state index contributed by atoms with van der Waals surface area (Å²) in [7, 11) is -2.72. The fourth-order valence-electron chi connectivity index (χ4n) is 4.14. The summed E-state index contributed by atoms with van der Waals surface area (Å²) in [4.78, 5) is 30.4. The van der Waals surface area contributed by atoms with E-state index in [9.17, 15) is 18.0 Å². The Morgan fingerprint density at radius 3 is 2.71 bits per heavy atom. The minimum absolute atomic E-state index is 0.0569. The number of likely N-dealkylation sites (tertiary alicyclic amines) is 1. The molecule has 2 heterocycles. The van der Waals surface area contributed by atoms with E-state index >= 15 is 0 Å². The van der Waals surface area contributed by atoms with E-state index in [1.807, 2.05) is 6.07 Å². The Morgan fingerprint density at radius 1 is 1.23 bits per heavy atom. The van der Waals surface area contributed by atoms with Gasteiger partial charge in [-0.3, -0.25) is 9.59 Å². The molecule has 35 heavy (non-hydrogen) atoms. The van der Waals surface area contributed by atoms with Gasteiger partial charge < -0.3 is 15.4 Å². The molecule has 1 saturated heterocycles. The lowest BCUT2D eigenvalue weighted by molar-refractivity contribution is -0.131. The van der Waals surface area contributed by atoms with Crippen LogP contribution >= 0.6 is 0 Å². The summed E-state index contributed by atoms with van der Waals surface area (Å²) in [5.41, 5.74) is 6.29. The second kappa shape index (κ2) is 9.69. The first kappa shape index (κ1) is 24.1. The molecule has 2 aromatic carbocycles. The third kappa shape index (κ3) is 4.94. The highest BCUT2D eigenvalue weighted by Crippen LogP contribution is 2.29. The van der Waals surface area contributed by atoms with Crippen LogP contribution in [0, 0.1) is 11.3 Å². The molecule has 180 valence electrons. The maximum absolute atomic E-state index is 13.6. The van der Waals surface area contributed by atoms with E-state index in [2.05, 4.69) is 4.98 Å². The number of methoxy groups -OCH3 is 1. The van der Waals surface area contributed by atoms with Gasteiger partial charge in [0.2, 0.25) is 21.8 Å². The zero-order chi connectivity index (χ0) is 25.2. The summed E-state index contributed by atoms with van der Waals surface area (Å²) in [5, 5.41) is 10.5. The van der Waals surface area contributed by atoms with Gasteiger partial charge >= 0.3 is 0 Å². The van der Waals surface area contributed by atoms with E-state index in [4.69, 9.17) is 15.7 Å². The zero-order valence-corrected chi connectivity index (χ0v) is 19.7. The van der Waals surface area contributed by atoms with Crippen LogP contribution in [-0.2, 0) is 26.2 Å². The molecule has 1 atom stereocenters. The molecule has 1 aliphatic rings. The number of aromatic nitrogens is 1. The van der Waals surface area contributed by atoms with Gasteiger partial charge in [-0.1, -0.05) is 12.1 Å². The Balaban J connectivity index is 1.64. The normalized spacial score (nSPS) is 16.0. The van der Waals surface area contributed by atoms with Crippen LogP contribution in [0.4, 0.5) is 0 Å². The number of amides is 2. The van der Waals surface area contributed by atoms with Gasteiger partial charge in [-0.2, -0.15) is 9.57 Å². The number of primary amides is 1. The first-order valence-electron chi connectivity index (χ1n) is 10.7. The van der Waals surface area contributed by atoms with Crippen molar-refractivity contribution >= 4 is 32.6 Å². The molecule has 2 amide bonds. The largest absolute Gasteiger partial charge is 0.497 e. The molecule has 2 N–H and O–H groups in total. The molecule has 1 fully saturated rings. The van der Waals surface area contributed by atoms with Crippen molar-refractivity contribution in [2.75, 3.05) is 20.2 Å². The number of nitrogens with two attached hydrogens (primary N) is 1. The summed E-state index contributed by atoms with van der Waals surface area (Å²) in [6.07, 6.45) is 1.67. The average Bonchev–Trinajstić information content (AvgIpc) is 3.20. The van der Waals surface area contributed by atoms with Crippen molar-refractivity contribution in [1.82, 2.24) is 14.2 Å². The number of hydrogen-bond donors (Lipinski definition) is 1. The number of carbonyl (C=O) groups is 2. The number of nitrogens with zero attached hydrogens (tertiary/aromatic N) is 4. The summed E-state index contributed by atoms with van der Waals surface area (Å²) in [6.45, 7) is -0.156. The summed E-state index contributed by atoms with van der Waals surface area (Å²) < 4.78 is 33.3. The number of pyridine rings is 1. The van der Waals surface area contributed by atoms with E-state index < -0.39 is 34.4 Å². The Kier molecular flexibility index (Phi) is 6.68. The van der Waals surface area contributed by atoms with E-state index in [0.29, 0.717) is 16.7 Å². The lowest BCUT2D eigenvalue weighted by Gasteiger charge is -2.26. The van der Waals surface area contributed by atoms with E-state index in [1.165, 1.54) is 30.3 Å².